The molecule has 0 fully saturated rings. The number of carbonyl (C=O) groups excluding carboxylic acids is 1. The van der Waals surface area contributed by atoms with E-state index in [-0.39, 0.29) is 5.78 Å². The Morgan fingerprint density at radius 2 is 1.86 bits per heavy atom. The van der Waals surface area contributed by atoms with E-state index >= 15 is 0 Å². The second kappa shape index (κ2) is 10.5. The van der Waals surface area contributed by atoms with Crippen LogP contribution in [-0.2, 0) is 6.54 Å². The molecule has 0 N–H and O–H groups in total. The molecule has 3 heterocycles. The van der Waals surface area contributed by atoms with E-state index in [0.29, 0.717) is 29.2 Å². The Bertz CT molecular complexity index is 1540. The summed E-state index contributed by atoms with van der Waals surface area (Å²) in [4.78, 5) is 24.0. The highest BCUT2D eigenvalue weighted by atomic mass is 35.5. The summed E-state index contributed by atoms with van der Waals surface area (Å²) >= 11 is 6.53. The van der Waals surface area contributed by atoms with Gasteiger partial charge in [-0.3, -0.25) is 9.78 Å². The van der Waals surface area contributed by atoms with Crippen LogP contribution in [0.5, 0.6) is 0 Å². The fourth-order valence-electron chi connectivity index (χ4n) is 4.27. The van der Waals surface area contributed by atoms with E-state index < -0.39 is 0 Å². The molecule has 0 radical (unpaired) electrons. The molecule has 0 aliphatic carbocycles. The number of pyridine rings is 2. The lowest BCUT2D eigenvalue weighted by Crippen LogP contribution is -2.13. The Balaban J connectivity index is 1.36. The summed E-state index contributed by atoms with van der Waals surface area (Å²) in [5, 5.41) is 10.1. The minimum absolute atomic E-state index is 0.0709. The van der Waals surface area contributed by atoms with Crippen LogP contribution in [-0.4, -0.2) is 56.3 Å². The monoisotopic (exact) mass is 498 g/mol. The number of carbonyl (C=O) groups is 1. The molecule has 0 saturated carbocycles. The number of unbranched alkanes of at least 4 members (excludes halogenated alkanes) is 1. The van der Waals surface area contributed by atoms with Crippen LogP contribution in [0.3, 0.4) is 0 Å². The van der Waals surface area contributed by atoms with E-state index in [1.165, 1.54) is 0 Å². The number of benzene rings is 2. The quantitative estimate of drug-likeness (QED) is 0.193. The van der Waals surface area contributed by atoms with Crippen molar-refractivity contribution in [2.45, 2.75) is 25.8 Å². The SMILES string of the molecule is CN(C)CCCCC(=O)c1ccc(-c2ccc3nnn(Cc4ccc5ncccc5c4)c3n2)cc1Cl. The predicted molar refractivity (Wildman–Crippen MR) is 143 cm³/mol. The Kier molecular flexibility index (Phi) is 7.02. The molecule has 0 amide bonds. The summed E-state index contributed by atoms with van der Waals surface area (Å²) in [6.07, 6.45) is 4.11. The van der Waals surface area contributed by atoms with Crippen molar-refractivity contribution in [2.24, 2.45) is 0 Å². The van der Waals surface area contributed by atoms with Gasteiger partial charge in [-0.05, 0) is 81.5 Å². The van der Waals surface area contributed by atoms with Crippen molar-refractivity contribution in [3.05, 3.63) is 83.0 Å². The van der Waals surface area contributed by atoms with E-state index in [2.05, 4.69) is 26.3 Å². The number of ketones is 1. The number of halogens is 1. The first kappa shape index (κ1) is 24.0. The van der Waals surface area contributed by atoms with Crippen molar-refractivity contribution < 1.29 is 4.79 Å². The highest BCUT2D eigenvalue weighted by molar-refractivity contribution is 6.34. The summed E-state index contributed by atoms with van der Waals surface area (Å²) in [7, 11) is 4.07. The normalized spacial score (nSPS) is 11.6. The lowest BCUT2D eigenvalue weighted by molar-refractivity contribution is 0.0978. The fraction of sp³-hybridized carbons (Fsp3) is 0.250. The molecule has 36 heavy (non-hydrogen) atoms. The summed E-state index contributed by atoms with van der Waals surface area (Å²) in [5.74, 6) is 0.0709. The number of hydrogen-bond acceptors (Lipinski definition) is 6. The van der Waals surface area contributed by atoms with Gasteiger partial charge in [-0.25, -0.2) is 9.67 Å². The summed E-state index contributed by atoms with van der Waals surface area (Å²) in [5.41, 5.74) is 5.61. The molecular formula is C28H27ClN6O. The molecule has 0 aliphatic heterocycles. The maximum Gasteiger partial charge on any atom is 0.179 e. The zero-order chi connectivity index (χ0) is 25.1. The van der Waals surface area contributed by atoms with E-state index in [1.807, 2.05) is 62.6 Å². The van der Waals surface area contributed by atoms with Crippen LogP contribution >= 0.6 is 11.6 Å². The Morgan fingerprint density at radius 1 is 1.00 bits per heavy atom. The van der Waals surface area contributed by atoms with E-state index in [1.54, 1.807) is 16.9 Å². The van der Waals surface area contributed by atoms with E-state index in [0.717, 1.165) is 52.6 Å². The molecule has 5 aromatic rings. The Hall–Kier alpha value is -3.68. The molecule has 182 valence electrons. The number of hydrogen-bond donors (Lipinski definition) is 0. The lowest BCUT2D eigenvalue weighted by Gasteiger charge is -2.09. The predicted octanol–water partition coefficient (Wildman–Crippen LogP) is 5.66. The van der Waals surface area contributed by atoms with Crippen LogP contribution in [0.4, 0.5) is 0 Å². The van der Waals surface area contributed by atoms with Crippen molar-refractivity contribution in [2.75, 3.05) is 20.6 Å². The number of rotatable bonds is 9. The van der Waals surface area contributed by atoms with Crippen molar-refractivity contribution >= 4 is 39.5 Å². The van der Waals surface area contributed by atoms with Crippen LogP contribution in [0.2, 0.25) is 5.02 Å². The number of fused-ring (bicyclic) bond motifs is 2. The molecule has 0 saturated heterocycles. The molecule has 0 atom stereocenters. The van der Waals surface area contributed by atoms with Crippen LogP contribution in [0.15, 0.2) is 66.9 Å². The van der Waals surface area contributed by atoms with Gasteiger partial charge in [0.05, 0.1) is 22.8 Å². The van der Waals surface area contributed by atoms with Gasteiger partial charge in [0.15, 0.2) is 11.4 Å². The van der Waals surface area contributed by atoms with Gasteiger partial charge in [0.2, 0.25) is 0 Å². The minimum atomic E-state index is 0.0709. The third-order valence-electron chi connectivity index (χ3n) is 6.18. The topological polar surface area (TPSA) is 76.8 Å². The first-order valence-electron chi connectivity index (χ1n) is 12.0. The largest absolute Gasteiger partial charge is 0.309 e. The molecule has 0 aliphatic rings. The molecule has 2 aromatic carbocycles. The molecule has 3 aromatic heterocycles. The highest BCUT2D eigenvalue weighted by Gasteiger charge is 2.14. The summed E-state index contributed by atoms with van der Waals surface area (Å²) in [6, 6.07) is 19.5. The second-order valence-electron chi connectivity index (χ2n) is 9.19. The molecule has 5 rings (SSSR count). The van der Waals surface area contributed by atoms with Crippen molar-refractivity contribution in [3.8, 4) is 11.3 Å². The van der Waals surface area contributed by atoms with Gasteiger partial charge < -0.3 is 4.90 Å². The van der Waals surface area contributed by atoms with Crippen LogP contribution in [0.25, 0.3) is 33.3 Å². The molecule has 8 heteroatoms. The zero-order valence-corrected chi connectivity index (χ0v) is 21.1. The lowest BCUT2D eigenvalue weighted by atomic mass is 10.0. The van der Waals surface area contributed by atoms with Gasteiger partial charge >= 0.3 is 0 Å². The maximum atomic E-state index is 12.7. The van der Waals surface area contributed by atoms with Crippen molar-refractivity contribution in [1.82, 2.24) is 29.9 Å². The smallest absolute Gasteiger partial charge is 0.179 e. The molecule has 0 unspecified atom stereocenters. The standard InChI is InChI=1S/C28H27ClN6O/c1-34(2)15-4-3-7-27(36)22-10-9-21(17-23(22)29)25-12-13-26-28(31-25)35(33-32-26)18-19-8-11-24-20(16-19)6-5-14-30-24/h5-6,8-14,16-17H,3-4,7,15,18H2,1-2H3. The minimum Gasteiger partial charge on any atom is -0.309 e. The van der Waals surface area contributed by atoms with Gasteiger partial charge in [-0.15, -0.1) is 5.10 Å². The second-order valence-corrected chi connectivity index (χ2v) is 9.60. The number of aromatic nitrogens is 5. The fourth-order valence-corrected chi connectivity index (χ4v) is 4.55. The average molecular weight is 499 g/mol. The summed E-state index contributed by atoms with van der Waals surface area (Å²) < 4.78 is 1.80. The molecule has 0 bridgehead atoms. The maximum absolute atomic E-state index is 12.7. The van der Waals surface area contributed by atoms with Gasteiger partial charge in [0.25, 0.3) is 0 Å². The van der Waals surface area contributed by atoms with Crippen LogP contribution in [0, 0.1) is 0 Å². The third-order valence-corrected chi connectivity index (χ3v) is 6.50. The van der Waals surface area contributed by atoms with Crippen molar-refractivity contribution in [3.63, 3.8) is 0 Å². The van der Waals surface area contributed by atoms with E-state index in [9.17, 15) is 4.79 Å². The van der Waals surface area contributed by atoms with Gasteiger partial charge in [0, 0.05) is 29.1 Å². The highest BCUT2D eigenvalue weighted by Crippen LogP contribution is 2.27. The molecule has 7 nitrogen and oxygen atoms in total. The van der Waals surface area contributed by atoms with E-state index in [4.69, 9.17) is 16.6 Å². The first-order valence-corrected chi connectivity index (χ1v) is 12.4. The first-order chi connectivity index (χ1) is 17.5. The Labute approximate surface area is 214 Å². The van der Waals surface area contributed by atoms with Crippen molar-refractivity contribution in [1.29, 1.82) is 0 Å². The number of Topliss-reactive ketones (excluding diaryl/α,β-unsaturated/α-hetero) is 1. The summed E-state index contributed by atoms with van der Waals surface area (Å²) in [6.45, 7) is 1.51. The van der Waals surface area contributed by atoms with Gasteiger partial charge in [-0.2, -0.15) is 0 Å². The Morgan fingerprint density at radius 3 is 2.69 bits per heavy atom. The van der Waals surface area contributed by atoms with Gasteiger partial charge in [-0.1, -0.05) is 35.0 Å². The van der Waals surface area contributed by atoms with Crippen LogP contribution in [0.1, 0.15) is 35.2 Å². The number of nitrogens with zero attached hydrogens (tertiary/aromatic N) is 6. The average Bonchev–Trinajstić information content (AvgIpc) is 3.28. The zero-order valence-electron chi connectivity index (χ0n) is 20.4. The molecule has 0 spiro atoms. The third kappa shape index (κ3) is 5.27. The van der Waals surface area contributed by atoms with Crippen LogP contribution < -0.4 is 0 Å². The van der Waals surface area contributed by atoms with Gasteiger partial charge in [0.1, 0.15) is 5.52 Å². The molecular weight excluding hydrogens is 472 g/mol.